The van der Waals surface area contributed by atoms with Crippen molar-refractivity contribution in [2.24, 2.45) is 5.92 Å². The van der Waals surface area contributed by atoms with Gasteiger partial charge in [-0.05, 0) is 43.9 Å². The van der Waals surface area contributed by atoms with Crippen LogP contribution < -0.4 is 10.1 Å². The van der Waals surface area contributed by atoms with E-state index >= 15 is 0 Å². The smallest absolute Gasteiger partial charge is 0.387 e. The van der Waals surface area contributed by atoms with Crippen LogP contribution in [-0.4, -0.2) is 25.9 Å². The highest BCUT2D eigenvalue weighted by atomic mass is 19.3. The number of nitrogens with one attached hydrogen (secondary N) is 1. The molecule has 0 saturated carbocycles. The number of halogens is 2. The molecule has 1 saturated heterocycles. The fourth-order valence-corrected chi connectivity index (χ4v) is 2.45. The molecule has 0 spiro atoms. The molecule has 0 aliphatic carbocycles. The van der Waals surface area contributed by atoms with Gasteiger partial charge in [0.15, 0.2) is 0 Å². The van der Waals surface area contributed by atoms with Gasteiger partial charge in [0.2, 0.25) is 0 Å². The van der Waals surface area contributed by atoms with E-state index in [0.29, 0.717) is 5.92 Å². The number of ether oxygens (including phenoxy) is 2. The van der Waals surface area contributed by atoms with Crippen LogP contribution in [0.5, 0.6) is 5.75 Å². The average molecular weight is 285 g/mol. The van der Waals surface area contributed by atoms with Crippen molar-refractivity contribution in [2.45, 2.75) is 39.0 Å². The zero-order valence-electron chi connectivity index (χ0n) is 11.8. The molecule has 1 fully saturated rings. The second kappa shape index (κ2) is 6.99. The van der Waals surface area contributed by atoms with Gasteiger partial charge in [0.25, 0.3) is 0 Å². The van der Waals surface area contributed by atoms with Gasteiger partial charge in [-0.3, -0.25) is 0 Å². The van der Waals surface area contributed by atoms with Gasteiger partial charge in [-0.25, -0.2) is 0 Å². The van der Waals surface area contributed by atoms with E-state index < -0.39 is 6.61 Å². The first-order chi connectivity index (χ1) is 9.56. The normalized spacial score (nSPS) is 24.1. The second-order valence-electron chi connectivity index (χ2n) is 5.21. The van der Waals surface area contributed by atoms with Gasteiger partial charge in [0.05, 0.1) is 6.10 Å². The maximum Gasteiger partial charge on any atom is 0.387 e. The van der Waals surface area contributed by atoms with E-state index in [4.69, 9.17) is 4.74 Å². The number of rotatable bonds is 6. The third kappa shape index (κ3) is 4.15. The molecule has 0 radical (unpaired) electrons. The van der Waals surface area contributed by atoms with Crippen molar-refractivity contribution in [1.29, 1.82) is 0 Å². The molecule has 112 valence electrons. The minimum Gasteiger partial charge on any atom is -0.435 e. The number of hydrogen-bond acceptors (Lipinski definition) is 3. The van der Waals surface area contributed by atoms with Crippen molar-refractivity contribution < 1.29 is 18.3 Å². The lowest BCUT2D eigenvalue weighted by molar-refractivity contribution is -0.0499. The Hall–Kier alpha value is -1.20. The summed E-state index contributed by atoms with van der Waals surface area (Å²) < 4.78 is 34.3. The molecule has 20 heavy (non-hydrogen) atoms. The summed E-state index contributed by atoms with van der Waals surface area (Å²) in [7, 11) is 0. The molecule has 0 amide bonds. The van der Waals surface area contributed by atoms with Crippen LogP contribution in [0.3, 0.4) is 0 Å². The monoisotopic (exact) mass is 285 g/mol. The van der Waals surface area contributed by atoms with Crippen molar-refractivity contribution in [3.63, 3.8) is 0 Å². The lowest BCUT2D eigenvalue weighted by Crippen LogP contribution is -2.29. The molecule has 1 aromatic carbocycles. The molecule has 1 heterocycles. The minimum absolute atomic E-state index is 0.0871. The van der Waals surface area contributed by atoms with Crippen molar-refractivity contribution in [2.75, 3.05) is 13.2 Å². The van der Waals surface area contributed by atoms with Gasteiger partial charge >= 0.3 is 6.61 Å². The van der Waals surface area contributed by atoms with Crippen molar-refractivity contribution >= 4 is 0 Å². The Bertz CT molecular complexity index is 428. The molecule has 5 heteroatoms. The van der Waals surface area contributed by atoms with Crippen molar-refractivity contribution in [3.8, 4) is 5.75 Å². The third-order valence-electron chi connectivity index (χ3n) is 3.80. The number of hydrogen-bond donors (Lipinski definition) is 1. The molecular weight excluding hydrogens is 264 g/mol. The van der Waals surface area contributed by atoms with E-state index in [1.54, 1.807) is 12.1 Å². The highest BCUT2D eigenvalue weighted by Crippen LogP contribution is 2.23. The molecule has 2 rings (SSSR count). The lowest BCUT2D eigenvalue weighted by atomic mass is 10.0. The summed E-state index contributed by atoms with van der Waals surface area (Å²) in [5.41, 5.74) is 0.940. The van der Waals surface area contributed by atoms with Crippen LogP contribution in [0.2, 0.25) is 0 Å². The van der Waals surface area contributed by atoms with E-state index in [9.17, 15) is 8.78 Å². The Morgan fingerprint density at radius 1 is 1.45 bits per heavy atom. The van der Waals surface area contributed by atoms with Crippen LogP contribution >= 0.6 is 0 Å². The summed E-state index contributed by atoms with van der Waals surface area (Å²) in [6.45, 7) is 3.00. The van der Waals surface area contributed by atoms with Crippen LogP contribution in [0, 0.1) is 5.92 Å². The molecule has 0 aromatic heterocycles. The minimum atomic E-state index is -2.79. The summed E-state index contributed by atoms with van der Waals surface area (Å²) in [4.78, 5) is 0. The first-order valence-corrected chi connectivity index (χ1v) is 6.96. The van der Waals surface area contributed by atoms with Crippen LogP contribution in [0.1, 0.15) is 31.9 Å². The molecule has 1 N–H and O–H groups in total. The Morgan fingerprint density at radius 2 is 2.25 bits per heavy atom. The number of alkyl halides is 2. The highest BCUT2D eigenvalue weighted by molar-refractivity contribution is 5.30. The van der Waals surface area contributed by atoms with Crippen LogP contribution in [0.4, 0.5) is 8.78 Å². The Morgan fingerprint density at radius 3 is 2.90 bits per heavy atom. The van der Waals surface area contributed by atoms with Crippen molar-refractivity contribution in [1.82, 2.24) is 5.32 Å². The topological polar surface area (TPSA) is 30.5 Å². The van der Waals surface area contributed by atoms with Gasteiger partial charge in [-0.15, -0.1) is 0 Å². The van der Waals surface area contributed by atoms with Gasteiger partial charge < -0.3 is 14.8 Å². The predicted molar refractivity (Wildman–Crippen MR) is 73.0 cm³/mol. The Balaban J connectivity index is 1.89. The fraction of sp³-hybridized carbons (Fsp3) is 0.600. The maximum absolute atomic E-state index is 12.2. The standard InChI is InChI=1S/C15H21F2NO2/c1-10(18-9-13-6-7-19-11(13)2)12-4-3-5-14(8-12)20-15(16)17/h3-5,8,10-11,13,15,18H,6-7,9H2,1-2H3. The van der Waals surface area contributed by atoms with Gasteiger partial charge in [0, 0.05) is 19.2 Å². The first kappa shape index (κ1) is 15.2. The molecule has 3 nitrogen and oxygen atoms in total. The number of benzene rings is 1. The van der Waals surface area contributed by atoms with Crippen LogP contribution in [0.15, 0.2) is 24.3 Å². The maximum atomic E-state index is 12.2. The lowest BCUT2D eigenvalue weighted by Gasteiger charge is -2.20. The second-order valence-corrected chi connectivity index (χ2v) is 5.21. The van der Waals surface area contributed by atoms with Gasteiger partial charge in [0.1, 0.15) is 5.75 Å². The van der Waals surface area contributed by atoms with E-state index in [1.807, 2.05) is 13.0 Å². The zero-order chi connectivity index (χ0) is 14.5. The average Bonchev–Trinajstić information content (AvgIpc) is 2.81. The van der Waals surface area contributed by atoms with Crippen molar-refractivity contribution in [3.05, 3.63) is 29.8 Å². The van der Waals surface area contributed by atoms with Crippen LogP contribution in [0.25, 0.3) is 0 Å². The summed E-state index contributed by atoms with van der Waals surface area (Å²) in [6.07, 6.45) is 1.35. The first-order valence-electron chi connectivity index (χ1n) is 6.96. The quantitative estimate of drug-likeness (QED) is 0.869. The SMILES string of the molecule is CC(NCC1CCOC1C)c1cccc(OC(F)F)c1. The highest BCUT2D eigenvalue weighted by Gasteiger charge is 2.24. The summed E-state index contributed by atoms with van der Waals surface area (Å²) in [5, 5.41) is 3.43. The van der Waals surface area contributed by atoms with Crippen LogP contribution in [-0.2, 0) is 4.74 Å². The predicted octanol–water partition coefficient (Wildman–Crippen LogP) is 3.36. The molecule has 1 aliphatic heterocycles. The summed E-state index contributed by atoms with van der Waals surface area (Å²) in [5.74, 6) is 0.710. The fourth-order valence-electron chi connectivity index (χ4n) is 2.45. The van der Waals surface area contributed by atoms with Gasteiger partial charge in [-0.2, -0.15) is 8.78 Å². The Labute approximate surface area is 118 Å². The molecule has 1 aromatic rings. The third-order valence-corrected chi connectivity index (χ3v) is 3.80. The molecule has 0 bridgehead atoms. The van der Waals surface area contributed by atoms with E-state index in [0.717, 1.165) is 25.1 Å². The Kier molecular flexibility index (Phi) is 5.31. The van der Waals surface area contributed by atoms with Gasteiger partial charge in [-0.1, -0.05) is 12.1 Å². The largest absolute Gasteiger partial charge is 0.435 e. The summed E-state index contributed by atoms with van der Waals surface area (Å²) >= 11 is 0. The molecular formula is C15H21F2NO2. The van der Waals surface area contributed by atoms with E-state index in [1.165, 1.54) is 6.07 Å². The summed E-state index contributed by atoms with van der Waals surface area (Å²) in [6, 6.07) is 6.91. The molecule has 3 atom stereocenters. The molecule has 1 aliphatic rings. The van der Waals surface area contributed by atoms with E-state index in [-0.39, 0.29) is 17.9 Å². The van der Waals surface area contributed by atoms with E-state index in [2.05, 4.69) is 17.0 Å². The zero-order valence-corrected chi connectivity index (χ0v) is 11.8. The molecule has 3 unspecified atom stereocenters.